The van der Waals surface area contributed by atoms with E-state index in [2.05, 4.69) is 31.2 Å². The summed E-state index contributed by atoms with van der Waals surface area (Å²) in [7, 11) is 1.82. The molecule has 0 saturated carbocycles. The Morgan fingerprint density at radius 2 is 1.80 bits per heavy atom. The van der Waals surface area contributed by atoms with Crippen molar-refractivity contribution in [3.8, 4) is 0 Å². The number of anilines is 2. The van der Waals surface area contributed by atoms with Crippen LogP contribution in [-0.2, 0) is 7.05 Å². The zero-order chi connectivity index (χ0) is 18.1. The average Bonchev–Trinajstić information content (AvgIpc) is 2.79. The van der Waals surface area contributed by atoms with Gasteiger partial charge in [0.05, 0.1) is 5.69 Å². The van der Waals surface area contributed by atoms with Gasteiger partial charge in [0.25, 0.3) is 0 Å². The molecule has 10 heteroatoms. The number of carbonyl (C=O) groups excluding carboxylic acids is 1. The van der Waals surface area contributed by atoms with Gasteiger partial charge in [-0.25, -0.2) is 14.8 Å². The lowest BCUT2D eigenvalue weighted by atomic mass is 10.1. The van der Waals surface area contributed by atoms with E-state index in [1.165, 1.54) is 12.1 Å². The number of hydrogen-bond donors (Lipinski definition) is 3. The van der Waals surface area contributed by atoms with Gasteiger partial charge in [0, 0.05) is 18.1 Å². The van der Waals surface area contributed by atoms with Gasteiger partial charge < -0.3 is 5.32 Å². The Bertz CT molecular complexity index is 950. The number of nitrogens with one attached hydrogen (secondary N) is 3. The first kappa shape index (κ1) is 17.2. The Morgan fingerprint density at radius 3 is 2.48 bits per heavy atom. The molecule has 0 bridgehead atoms. The van der Waals surface area contributed by atoms with E-state index in [-0.39, 0.29) is 10.3 Å². The van der Waals surface area contributed by atoms with Crippen molar-refractivity contribution < 1.29 is 4.79 Å². The van der Waals surface area contributed by atoms with Gasteiger partial charge in [-0.3, -0.25) is 15.5 Å². The molecule has 0 aliphatic carbocycles. The molecule has 0 unspecified atom stereocenters. The van der Waals surface area contributed by atoms with Gasteiger partial charge in [0.15, 0.2) is 5.65 Å². The third kappa shape index (κ3) is 3.75. The first-order valence-electron chi connectivity index (χ1n) is 7.30. The summed E-state index contributed by atoms with van der Waals surface area (Å²) in [6, 6.07) is 4.30. The number of hydrazine groups is 1. The van der Waals surface area contributed by atoms with E-state index < -0.39 is 6.03 Å². The number of aryl methyl sites for hydroxylation is 3. The summed E-state index contributed by atoms with van der Waals surface area (Å²) in [5.74, 6) is 0.494. The molecule has 3 heterocycles. The van der Waals surface area contributed by atoms with Crippen LogP contribution < -0.4 is 16.2 Å². The molecule has 0 radical (unpaired) electrons. The summed E-state index contributed by atoms with van der Waals surface area (Å²) >= 11 is 11.6. The molecule has 0 fully saturated rings. The number of aromatic nitrogens is 4. The zero-order valence-electron chi connectivity index (χ0n) is 13.7. The number of halogens is 2. The van der Waals surface area contributed by atoms with Crippen LogP contribution in [-0.4, -0.2) is 25.8 Å². The van der Waals surface area contributed by atoms with E-state index in [1.54, 1.807) is 4.68 Å². The highest BCUT2D eigenvalue weighted by atomic mass is 35.5. The Kier molecular flexibility index (Phi) is 4.65. The number of amides is 2. The zero-order valence-corrected chi connectivity index (χ0v) is 15.2. The maximum Gasteiger partial charge on any atom is 0.337 e. The van der Waals surface area contributed by atoms with Crippen molar-refractivity contribution in [2.75, 3.05) is 10.7 Å². The summed E-state index contributed by atoms with van der Waals surface area (Å²) in [6.07, 6.45) is 0. The van der Waals surface area contributed by atoms with Crippen LogP contribution in [0.15, 0.2) is 18.2 Å². The van der Waals surface area contributed by atoms with Crippen LogP contribution in [0.25, 0.3) is 11.0 Å². The number of urea groups is 1. The number of pyridine rings is 2. The van der Waals surface area contributed by atoms with Gasteiger partial charge in [-0.15, -0.1) is 0 Å². The third-order valence-electron chi connectivity index (χ3n) is 3.49. The SMILES string of the molecule is Cc1cc(NNC(=O)Nc2cc(Cl)nc(Cl)c2)nc2c1c(C)nn2C. The molecule has 130 valence electrons. The van der Waals surface area contributed by atoms with Crippen molar-refractivity contribution in [3.05, 3.63) is 39.8 Å². The third-order valence-corrected chi connectivity index (χ3v) is 3.88. The molecule has 25 heavy (non-hydrogen) atoms. The van der Waals surface area contributed by atoms with E-state index in [4.69, 9.17) is 23.2 Å². The number of fused-ring (bicyclic) bond motifs is 1. The molecule has 0 saturated heterocycles. The van der Waals surface area contributed by atoms with Crippen molar-refractivity contribution in [1.29, 1.82) is 0 Å². The van der Waals surface area contributed by atoms with E-state index in [0.717, 1.165) is 22.3 Å². The first-order valence-corrected chi connectivity index (χ1v) is 8.06. The summed E-state index contributed by atoms with van der Waals surface area (Å²) in [5, 5.41) is 8.32. The predicted molar refractivity (Wildman–Crippen MR) is 98.0 cm³/mol. The minimum atomic E-state index is -0.501. The monoisotopic (exact) mass is 379 g/mol. The molecule has 3 aromatic heterocycles. The van der Waals surface area contributed by atoms with Gasteiger partial charge in [0.2, 0.25) is 0 Å². The molecule has 0 spiro atoms. The number of hydrogen-bond acceptors (Lipinski definition) is 5. The van der Waals surface area contributed by atoms with Crippen LogP contribution in [0.2, 0.25) is 10.3 Å². The van der Waals surface area contributed by atoms with Crippen LogP contribution in [0.3, 0.4) is 0 Å². The first-order chi connectivity index (χ1) is 11.8. The predicted octanol–water partition coefficient (Wildman–Crippen LogP) is 3.44. The molecule has 8 nitrogen and oxygen atoms in total. The fourth-order valence-corrected chi connectivity index (χ4v) is 3.00. The highest BCUT2D eigenvalue weighted by molar-refractivity contribution is 6.32. The lowest BCUT2D eigenvalue weighted by Crippen LogP contribution is -2.34. The molecule has 0 atom stereocenters. The van der Waals surface area contributed by atoms with E-state index in [1.807, 2.05) is 27.0 Å². The second-order valence-corrected chi connectivity index (χ2v) is 6.21. The van der Waals surface area contributed by atoms with Crippen molar-refractivity contribution >= 4 is 51.8 Å². The topological polar surface area (TPSA) is 96.8 Å². The maximum atomic E-state index is 12.0. The number of rotatable bonds is 3. The van der Waals surface area contributed by atoms with Crippen molar-refractivity contribution in [2.45, 2.75) is 13.8 Å². The summed E-state index contributed by atoms with van der Waals surface area (Å²) in [6.45, 7) is 3.89. The second kappa shape index (κ2) is 6.73. The Balaban J connectivity index is 1.72. The van der Waals surface area contributed by atoms with Crippen LogP contribution in [0.1, 0.15) is 11.3 Å². The van der Waals surface area contributed by atoms with Crippen LogP contribution in [0, 0.1) is 13.8 Å². The molecule has 3 aromatic rings. The van der Waals surface area contributed by atoms with Gasteiger partial charge in [-0.05, 0) is 37.6 Å². The molecular weight excluding hydrogens is 365 g/mol. The summed E-state index contributed by atoms with van der Waals surface area (Å²) < 4.78 is 1.70. The van der Waals surface area contributed by atoms with Gasteiger partial charge in [-0.1, -0.05) is 23.2 Å². The summed E-state index contributed by atoms with van der Waals surface area (Å²) in [5.41, 5.74) is 8.34. The largest absolute Gasteiger partial charge is 0.337 e. The quantitative estimate of drug-likeness (QED) is 0.478. The van der Waals surface area contributed by atoms with Crippen LogP contribution in [0.4, 0.5) is 16.3 Å². The Morgan fingerprint density at radius 1 is 1.12 bits per heavy atom. The van der Waals surface area contributed by atoms with Crippen molar-refractivity contribution in [2.24, 2.45) is 7.05 Å². The van der Waals surface area contributed by atoms with Crippen LogP contribution in [0.5, 0.6) is 0 Å². The average molecular weight is 380 g/mol. The Hall–Kier alpha value is -2.58. The number of carbonyl (C=O) groups is 1. The fourth-order valence-electron chi connectivity index (χ4n) is 2.54. The van der Waals surface area contributed by atoms with Crippen LogP contribution >= 0.6 is 23.2 Å². The fraction of sp³-hybridized carbons (Fsp3) is 0.200. The normalized spacial score (nSPS) is 10.8. The lowest BCUT2D eigenvalue weighted by molar-refractivity contribution is 0.254. The van der Waals surface area contributed by atoms with Gasteiger partial charge in [-0.2, -0.15) is 5.10 Å². The van der Waals surface area contributed by atoms with Crippen molar-refractivity contribution in [3.63, 3.8) is 0 Å². The number of nitrogens with zero attached hydrogens (tertiary/aromatic N) is 4. The summed E-state index contributed by atoms with van der Waals surface area (Å²) in [4.78, 5) is 20.3. The van der Waals surface area contributed by atoms with E-state index in [0.29, 0.717) is 11.5 Å². The van der Waals surface area contributed by atoms with Gasteiger partial charge >= 0.3 is 6.03 Å². The highest BCUT2D eigenvalue weighted by Crippen LogP contribution is 2.22. The molecule has 0 aliphatic rings. The molecule has 0 aliphatic heterocycles. The van der Waals surface area contributed by atoms with E-state index in [9.17, 15) is 4.79 Å². The lowest BCUT2D eigenvalue weighted by Gasteiger charge is -2.11. The molecular formula is C15H15Cl2N7O. The smallest absolute Gasteiger partial charge is 0.306 e. The minimum absolute atomic E-state index is 0.185. The second-order valence-electron chi connectivity index (χ2n) is 5.44. The Labute approximate surface area is 153 Å². The van der Waals surface area contributed by atoms with E-state index >= 15 is 0 Å². The standard InChI is InChI=1S/C15H15Cl2N7O/c1-7-4-12(20-14-13(7)8(2)23-24(14)3)21-22-15(25)18-9-5-10(16)19-11(17)6-9/h4-6H,1-3H3,(H,20,21)(H2,18,19,22,25). The highest BCUT2D eigenvalue weighted by Gasteiger charge is 2.11. The minimum Gasteiger partial charge on any atom is -0.306 e. The molecule has 0 aromatic carbocycles. The molecule has 2 amide bonds. The molecule has 3 rings (SSSR count). The van der Waals surface area contributed by atoms with Crippen molar-refractivity contribution in [1.82, 2.24) is 25.2 Å². The van der Waals surface area contributed by atoms with Gasteiger partial charge in [0.1, 0.15) is 16.1 Å². The molecule has 3 N–H and O–H groups in total. The maximum absolute atomic E-state index is 12.0.